The van der Waals surface area contributed by atoms with Crippen LogP contribution in [0.25, 0.3) is 0 Å². The van der Waals surface area contributed by atoms with Crippen molar-refractivity contribution in [1.29, 1.82) is 0 Å². The highest BCUT2D eigenvalue weighted by Crippen LogP contribution is 2.41. The number of likely N-dealkylation sites (tertiary alicyclic amines) is 1. The molecule has 0 N–H and O–H groups in total. The van der Waals surface area contributed by atoms with Crippen LogP contribution in [-0.4, -0.2) is 32.8 Å². The van der Waals surface area contributed by atoms with E-state index >= 15 is 0 Å². The summed E-state index contributed by atoms with van der Waals surface area (Å²) in [5.41, 5.74) is 1.26. The maximum absolute atomic E-state index is 4.78. The Bertz CT molecular complexity index is 544. The van der Waals surface area contributed by atoms with Crippen molar-refractivity contribution in [2.75, 3.05) is 13.1 Å². The molecule has 5 heteroatoms. The molecular formula is C14H18N4S. The van der Waals surface area contributed by atoms with E-state index in [0.29, 0.717) is 6.04 Å². The molecule has 1 aliphatic carbocycles. The van der Waals surface area contributed by atoms with Crippen LogP contribution in [0.1, 0.15) is 41.9 Å². The Morgan fingerprint density at radius 3 is 3.05 bits per heavy atom. The Morgan fingerprint density at radius 1 is 1.32 bits per heavy atom. The van der Waals surface area contributed by atoms with E-state index in [2.05, 4.69) is 26.3 Å². The molecule has 2 aromatic rings. The van der Waals surface area contributed by atoms with Gasteiger partial charge in [0, 0.05) is 43.3 Å². The SMILES string of the molecule is c1cnn(C2CCN(Cc3csc(C4CC4)n3)C2)c1. The number of thiazole rings is 1. The van der Waals surface area contributed by atoms with Gasteiger partial charge in [0.1, 0.15) is 0 Å². The van der Waals surface area contributed by atoms with Crippen molar-refractivity contribution in [2.24, 2.45) is 0 Å². The van der Waals surface area contributed by atoms with Gasteiger partial charge in [-0.2, -0.15) is 5.10 Å². The highest BCUT2D eigenvalue weighted by Gasteiger charge is 2.28. The first-order valence-electron chi connectivity index (χ1n) is 7.04. The fourth-order valence-electron chi connectivity index (χ4n) is 2.81. The molecule has 1 unspecified atom stereocenters. The fraction of sp³-hybridized carbons (Fsp3) is 0.571. The average Bonchev–Trinajstić information content (AvgIpc) is 2.90. The van der Waals surface area contributed by atoms with Gasteiger partial charge >= 0.3 is 0 Å². The Labute approximate surface area is 117 Å². The van der Waals surface area contributed by atoms with Crippen molar-refractivity contribution >= 4 is 11.3 Å². The molecule has 0 aromatic carbocycles. The predicted octanol–water partition coefficient (Wildman–Crippen LogP) is 2.66. The molecule has 4 nitrogen and oxygen atoms in total. The fourth-order valence-corrected chi connectivity index (χ4v) is 3.79. The van der Waals surface area contributed by atoms with Crippen LogP contribution >= 0.6 is 11.3 Å². The molecule has 19 heavy (non-hydrogen) atoms. The summed E-state index contributed by atoms with van der Waals surface area (Å²) in [4.78, 5) is 7.28. The van der Waals surface area contributed by atoms with Crippen LogP contribution in [0.3, 0.4) is 0 Å². The van der Waals surface area contributed by atoms with Crippen molar-refractivity contribution in [3.63, 3.8) is 0 Å². The van der Waals surface area contributed by atoms with Crippen molar-refractivity contribution in [1.82, 2.24) is 19.7 Å². The summed E-state index contributed by atoms with van der Waals surface area (Å²) in [7, 11) is 0. The molecule has 0 amide bonds. The summed E-state index contributed by atoms with van der Waals surface area (Å²) in [5, 5.41) is 7.96. The zero-order valence-electron chi connectivity index (χ0n) is 10.9. The third-order valence-corrected chi connectivity index (χ3v) is 5.08. The normalized spacial score (nSPS) is 24.1. The van der Waals surface area contributed by atoms with Gasteiger partial charge in [0.15, 0.2) is 0 Å². The number of rotatable bonds is 4. The van der Waals surface area contributed by atoms with Crippen LogP contribution < -0.4 is 0 Å². The molecule has 0 bridgehead atoms. The smallest absolute Gasteiger partial charge is 0.0959 e. The van der Waals surface area contributed by atoms with Gasteiger partial charge in [0.2, 0.25) is 0 Å². The standard InChI is InChI=1S/C14H18N4S/c1-5-15-18(6-1)13-4-7-17(9-13)8-12-10-19-14(16-12)11-2-3-11/h1,5-6,10-11,13H,2-4,7-9H2. The summed E-state index contributed by atoms with van der Waals surface area (Å²) in [5.74, 6) is 0.786. The second-order valence-electron chi connectivity index (χ2n) is 5.62. The lowest BCUT2D eigenvalue weighted by Crippen LogP contribution is -2.21. The van der Waals surface area contributed by atoms with E-state index in [1.54, 1.807) is 0 Å². The molecule has 2 fully saturated rings. The van der Waals surface area contributed by atoms with Crippen LogP contribution in [0.2, 0.25) is 0 Å². The van der Waals surface area contributed by atoms with Gasteiger partial charge in [0.25, 0.3) is 0 Å². The first-order chi connectivity index (χ1) is 9.38. The maximum atomic E-state index is 4.78. The van der Waals surface area contributed by atoms with E-state index in [1.165, 1.54) is 30.0 Å². The van der Waals surface area contributed by atoms with Gasteiger partial charge in [-0.25, -0.2) is 4.98 Å². The van der Waals surface area contributed by atoms with Gasteiger partial charge in [-0.15, -0.1) is 11.3 Å². The lowest BCUT2D eigenvalue weighted by Gasteiger charge is -2.14. The van der Waals surface area contributed by atoms with Crippen LogP contribution in [0, 0.1) is 0 Å². The number of aromatic nitrogens is 3. The van der Waals surface area contributed by atoms with E-state index in [0.717, 1.165) is 25.6 Å². The summed E-state index contributed by atoms with van der Waals surface area (Å²) < 4.78 is 2.09. The summed E-state index contributed by atoms with van der Waals surface area (Å²) in [6.07, 6.45) is 7.82. The minimum absolute atomic E-state index is 0.538. The van der Waals surface area contributed by atoms with Crippen LogP contribution in [0.5, 0.6) is 0 Å². The molecule has 2 aromatic heterocycles. The van der Waals surface area contributed by atoms with E-state index < -0.39 is 0 Å². The molecule has 2 aliphatic rings. The van der Waals surface area contributed by atoms with Crippen molar-refractivity contribution in [3.8, 4) is 0 Å². The van der Waals surface area contributed by atoms with E-state index in [1.807, 2.05) is 23.6 Å². The zero-order valence-corrected chi connectivity index (χ0v) is 11.7. The number of hydrogen-bond donors (Lipinski definition) is 0. The largest absolute Gasteiger partial charge is 0.295 e. The summed E-state index contributed by atoms with van der Waals surface area (Å²) in [6, 6.07) is 2.54. The summed E-state index contributed by atoms with van der Waals surface area (Å²) >= 11 is 1.85. The molecule has 4 rings (SSSR count). The zero-order chi connectivity index (χ0) is 12.7. The Morgan fingerprint density at radius 2 is 2.26 bits per heavy atom. The van der Waals surface area contributed by atoms with E-state index in [4.69, 9.17) is 4.98 Å². The topological polar surface area (TPSA) is 34.0 Å². The van der Waals surface area contributed by atoms with Crippen molar-refractivity contribution in [2.45, 2.75) is 37.8 Å². The number of nitrogens with zero attached hydrogens (tertiary/aromatic N) is 4. The van der Waals surface area contributed by atoms with Gasteiger partial charge in [-0.3, -0.25) is 9.58 Å². The van der Waals surface area contributed by atoms with Crippen LogP contribution in [0.15, 0.2) is 23.8 Å². The molecular weight excluding hydrogens is 256 g/mol. The molecule has 1 saturated carbocycles. The lowest BCUT2D eigenvalue weighted by atomic mass is 10.3. The van der Waals surface area contributed by atoms with Crippen molar-refractivity contribution < 1.29 is 0 Å². The van der Waals surface area contributed by atoms with Gasteiger partial charge < -0.3 is 0 Å². The molecule has 0 radical (unpaired) electrons. The Kier molecular flexibility index (Phi) is 2.89. The van der Waals surface area contributed by atoms with Crippen LogP contribution in [-0.2, 0) is 6.54 Å². The Balaban J connectivity index is 1.38. The highest BCUT2D eigenvalue weighted by atomic mass is 32.1. The number of hydrogen-bond acceptors (Lipinski definition) is 4. The molecule has 1 atom stereocenters. The van der Waals surface area contributed by atoms with Crippen molar-refractivity contribution in [3.05, 3.63) is 34.5 Å². The third kappa shape index (κ3) is 2.44. The first kappa shape index (κ1) is 11.6. The third-order valence-electron chi connectivity index (χ3n) is 4.03. The monoisotopic (exact) mass is 274 g/mol. The second-order valence-corrected chi connectivity index (χ2v) is 6.50. The molecule has 0 spiro atoms. The maximum Gasteiger partial charge on any atom is 0.0959 e. The first-order valence-corrected chi connectivity index (χ1v) is 7.92. The second kappa shape index (κ2) is 4.72. The molecule has 1 saturated heterocycles. The van der Waals surface area contributed by atoms with E-state index in [-0.39, 0.29) is 0 Å². The minimum Gasteiger partial charge on any atom is -0.295 e. The van der Waals surface area contributed by atoms with E-state index in [9.17, 15) is 0 Å². The lowest BCUT2D eigenvalue weighted by molar-refractivity contribution is 0.308. The van der Waals surface area contributed by atoms with Gasteiger partial charge in [-0.1, -0.05) is 0 Å². The van der Waals surface area contributed by atoms with Gasteiger partial charge in [0.05, 0.1) is 16.7 Å². The highest BCUT2D eigenvalue weighted by molar-refractivity contribution is 7.09. The van der Waals surface area contributed by atoms with Crippen LogP contribution in [0.4, 0.5) is 0 Å². The van der Waals surface area contributed by atoms with Gasteiger partial charge in [-0.05, 0) is 25.3 Å². The molecule has 100 valence electrons. The Hall–Kier alpha value is -1.20. The minimum atomic E-state index is 0.538. The quantitative estimate of drug-likeness (QED) is 0.859. The molecule has 1 aliphatic heterocycles. The summed E-state index contributed by atoms with van der Waals surface area (Å²) in [6.45, 7) is 3.25. The molecule has 3 heterocycles. The predicted molar refractivity (Wildman–Crippen MR) is 75.2 cm³/mol. The average molecular weight is 274 g/mol.